The zero-order valence-electron chi connectivity index (χ0n) is 10.6. The van der Waals surface area contributed by atoms with Crippen LogP contribution in [0.1, 0.15) is 45.4 Å². The van der Waals surface area contributed by atoms with Gasteiger partial charge >= 0.3 is 5.97 Å². The SMILES string of the molecule is CC1SCCCC1N1CCCCC1CC(=O)O. The quantitative estimate of drug-likeness (QED) is 0.843. The fourth-order valence-corrected chi connectivity index (χ4v) is 4.44. The Hall–Kier alpha value is -0.220. The van der Waals surface area contributed by atoms with Crippen LogP contribution in [0.2, 0.25) is 0 Å². The van der Waals surface area contributed by atoms with Gasteiger partial charge in [-0.1, -0.05) is 13.3 Å². The van der Waals surface area contributed by atoms with Crippen LogP contribution in [0.5, 0.6) is 0 Å². The average Bonchev–Trinajstić information content (AvgIpc) is 2.30. The van der Waals surface area contributed by atoms with E-state index in [0.29, 0.717) is 17.7 Å². The van der Waals surface area contributed by atoms with Gasteiger partial charge in [0.05, 0.1) is 6.42 Å². The summed E-state index contributed by atoms with van der Waals surface area (Å²) in [4.78, 5) is 13.5. The van der Waals surface area contributed by atoms with Gasteiger partial charge in [0, 0.05) is 17.3 Å². The van der Waals surface area contributed by atoms with Crippen LogP contribution in [-0.2, 0) is 4.79 Å². The number of thioether (sulfide) groups is 1. The summed E-state index contributed by atoms with van der Waals surface area (Å²) in [6.07, 6.45) is 6.38. The molecule has 0 spiro atoms. The van der Waals surface area contributed by atoms with E-state index in [9.17, 15) is 4.79 Å². The van der Waals surface area contributed by atoms with Gasteiger partial charge in [0.15, 0.2) is 0 Å². The lowest BCUT2D eigenvalue weighted by molar-refractivity contribution is -0.139. The van der Waals surface area contributed by atoms with Gasteiger partial charge in [-0.3, -0.25) is 9.69 Å². The molecule has 0 aromatic rings. The van der Waals surface area contributed by atoms with Crippen LogP contribution in [-0.4, -0.2) is 45.6 Å². The van der Waals surface area contributed by atoms with E-state index in [1.165, 1.54) is 31.4 Å². The summed E-state index contributed by atoms with van der Waals surface area (Å²) >= 11 is 2.05. The number of aliphatic carboxylic acids is 1. The molecule has 2 aliphatic heterocycles. The largest absolute Gasteiger partial charge is 0.481 e. The number of piperidine rings is 1. The Labute approximate surface area is 108 Å². The van der Waals surface area contributed by atoms with Crippen molar-refractivity contribution >= 4 is 17.7 Å². The molecule has 0 aromatic carbocycles. The summed E-state index contributed by atoms with van der Waals surface area (Å²) in [6, 6.07) is 0.894. The van der Waals surface area contributed by atoms with Crippen molar-refractivity contribution in [2.24, 2.45) is 0 Å². The van der Waals surface area contributed by atoms with E-state index in [2.05, 4.69) is 23.6 Å². The molecule has 98 valence electrons. The topological polar surface area (TPSA) is 40.5 Å². The third-order valence-corrected chi connectivity index (χ3v) is 5.44. The van der Waals surface area contributed by atoms with E-state index in [4.69, 9.17) is 5.11 Å². The Morgan fingerprint density at radius 3 is 2.88 bits per heavy atom. The van der Waals surface area contributed by atoms with Crippen LogP contribution in [0.4, 0.5) is 0 Å². The molecule has 2 fully saturated rings. The molecule has 3 unspecified atom stereocenters. The highest BCUT2D eigenvalue weighted by Gasteiger charge is 2.34. The molecule has 2 saturated heterocycles. The number of rotatable bonds is 3. The number of carbonyl (C=O) groups is 1. The fraction of sp³-hybridized carbons (Fsp3) is 0.923. The second-order valence-electron chi connectivity index (χ2n) is 5.27. The molecule has 2 rings (SSSR count). The zero-order valence-corrected chi connectivity index (χ0v) is 11.4. The van der Waals surface area contributed by atoms with Gasteiger partial charge in [0.1, 0.15) is 0 Å². The molecular weight excluding hydrogens is 234 g/mol. The monoisotopic (exact) mass is 257 g/mol. The Kier molecular flexibility index (Phi) is 4.74. The predicted octanol–water partition coefficient (Wildman–Crippen LogP) is 2.60. The molecule has 4 heteroatoms. The predicted molar refractivity (Wildman–Crippen MR) is 71.5 cm³/mol. The Morgan fingerprint density at radius 2 is 2.18 bits per heavy atom. The molecular formula is C13H23NO2S. The summed E-state index contributed by atoms with van der Waals surface area (Å²) in [7, 11) is 0. The minimum atomic E-state index is -0.641. The summed E-state index contributed by atoms with van der Waals surface area (Å²) in [5.41, 5.74) is 0. The molecule has 17 heavy (non-hydrogen) atoms. The molecule has 3 atom stereocenters. The molecule has 1 N–H and O–H groups in total. The minimum absolute atomic E-state index is 0.285. The summed E-state index contributed by atoms with van der Waals surface area (Å²) in [6.45, 7) is 3.41. The molecule has 0 bridgehead atoms. The molecule has 2 heterocycles. The van der Waals surface area contributed by atoms with Crippen molar-refractivity contribution in [3.8, 4) is 0 Å². The highest BCUT2D eigenvalue weighted by atomic mass is 32.2. The number of carboxylic acids is 1. The minimum Gasteiger partial charge on any atom is -0.481 e. The van der Waals surface area contributed by atoms with Crippen LogP contribution in [0.25, 0.3) is 0 Å². The molecule has 0 radical (unpaired) electrons. The zero-order chi connectivity index (χ0) is 12.3. The van der Waals surface area contributed by atoms with Gasteiger partial charge in [0.25, 0.3) is 0 Å². The maximum absolute atomic E-state index is 10.9. The van der Waals surface area contributed by atoms with Crippen LogP contribution in [0, 0.1) is 0 Å². The van der Waals surface area contributed by atoms with Crippen molar-refractivity contribution in [2.75, 3.05) is 12.3 Å². The molecule has 0 aliphatic carbocycles. The second-order valence-corrected chi connectivity index (χ2v) is 6.76. The number of hydrogen-bond donors (Lipinski definition) is 1. The van der Waals surface area contributed by atoms with Crippen molar-refractivity contribution < 1.29 is 9.90 Å². The summed E-state index contributed by atoms with van der Waals surface area (Å²) < 4.78 is 0. The maximum Gasteiger partial charge on any atom is 0.304 e. The van der Waals surface area contributed by atoms with Gasteiger partial charge in [-0.25, -0.2) is 0 Å². The number of hydrogen-bond acceptors (Lipinski definition) is 3. The van der Waals surface area contributed by atoms with Gasteiger partial charge in [0.2, 0.25) is 0 Å². The van der Waals surface area contributed by atoms with Crippen molar-refractivity contribution in [3.63, 3.8) is 0 Å². The van der Waals surface area contributed by atoms with Crippen LogP contribution in [0.15, 0.2) is 0 Å². The molecule has 0 saturated carbocycles. The standard InChI is InChI=1S/C13H23NO2S/c1-10-12(6-4-8-17-10)14-7-3-2-5-11(14)9-13(15)16/h10-12H,2-9H2,1H3,(H,15,16). The van der Waals surface area contributed by atoms with E-state index < -0.39 is 5.97 Å². The maximum atomic E-state index is 10.9. The second kappa shape index (κ2) is 6.10. The van der Waals surface area contributed by atoms with E-state index in [0.717, 1.165) is 13.0 Å². The first-order valence-electron chi connectivity index (χ1n) is 6.77. The fourth-order valence-electron chi connectivity index (χ4n) is 3.22. The lowest BCUT2D eigenvalue weighted by atomic mass is 9.94. The Balaban J connectivity index is 2.01. The first-order chi connectivity index (χ1) is 8.18. The third kappa shape index (κ3) is 3.38. The van der Waals surface area contributed by atoms with Crippen molar-refractivity contribution in [2.45, 2.75) is 62.8 Å². The molecule has 0 amide bonds. The lowest BCUT2D eigenvalue weighted by Gasteiger charge is -2.44. The van der Waals surface area contributed by atoms with Crippen LogP contribution < -0.4 is 0 Å². The van der Waals surface area contributed by atoms with Gasteiger partial charge in [-0.05, 0) is 38.0 Å². The van der Waals surface area contributed by atoms with E-state index in [-0.39, 0.29) is 6.04 Å². The summed E-state index contributed by atoms with van der Waals surface area (Å²) in [5, 5.41) is 9.68. The smallest absolute Gasteiger partial charge is 0.304 e. The van der Waals surface area contributed by atoms with Gasteiger partial charge in [-0.15, -0.1) is 0 Å². The normalized spacial score (nSPS) is 35.7. The number of carboxylic acid groups (broad SMARTS) is 1. The highest BCUT2D eigenvalue weighted by molar-refractivity contribution is 7.99. The molecule has 3 nitrogen and oxygen atoms in total. The molecule has 2 aliphatic rings. The third-order valence-electron chi connectivity index (χ3n) is 4.08. The van der Waals surface area contributed by atoms with Gasteiger partial charge in [-0.2, -0.15) is 11.8 Å². The van der Waals surface area contributed by atoms with E-state index in [1.54, 1.807) is 0 Å². The van der Waals surface area contributed by atoms with Crippen LogP contribution in [0.3, 0.4) is 0 Å². The van der Waals surface area contributed by atoms with Crippen molar-refractivity contribution in [3.05, 3.63) is 0 Å². The lowest BCUT2D eigenvalue weighted by Crippen LogP contribution is -2.51. The van der Waals surface area contributed by atoms with E-state index in [1.807, 2.05) is 0 Å². The molecule has 0 aromatic heterocycles. The van der Waals surface area contributed by atoms with Crippen molar-refractivity contribution in [1.29, 1.82) is 0 Å². The first kappa shape index (κ1) is 13.2. The first-order valence-corrected chi connectivity index (χ1v) is 7.82. The highest BCUT2D eigenvalue weighted by Crippen LogP contribution is 2.33. The van der Waals surface area contributed by atoms with Crippen LogP contribution >= 0.6 is 11.8 Å². The Bertz CT molecular complexity index is 272. The average molecular weight is 257 g/mol. The number of nitrogens with zero attached hydrogens (tertiary/aromatic N) is 1. The van der Waals surface area contributed by atoms with E-state index >= 15 is 0 Å². The summed E-state index contributed by atoms with van der Waals surface area (Å²) in [5.74, 6) is 0.632. The Morgan fingerprint density at radius 1 is 1.35 bits per heavy atom. The van der Waals surface area contributed by atoms with Gasteiger partial charge < -0.3 is 5.11 Å². The van der Waals surface area contributed by atoms with Crippen molar-refractivity contribution in [1.82, 2.24) is 4.90 Å². The number of likely N-dealkylation sites (tertiary alicyclic amines) is 1.